The summed E-state index contributed by atoms with van der Waals surface area (Å²) in [5.74, 6) is -0.0621. The van der Waals surface area contributed by atoms with E-state index in [-0.39, 0.29) is 11.9 Å². The van der Waals surface area contributed by atoms with Crippen molar-refractivity contribution in [2.24, 2.45) is 0 Å². The van der Waals surface area contributed by atoms with Crippen molar-refractivity contribution >= 4 is 5.91 Å². The third kappa shape index (κ3) is 3.31. The zero-order valence-electron chi connectivity index (χ0n) is 13.9. The Morgan fingerprint density at radius 1 is 1.08 bits per heavy atom. The average molecular weight is 332 g/mol. The lowest BCUT2D eigenvalue weighted by molar-refractivity contribution is 0.0938. The van der Waals surface area contributed by atoms with E-state index in [0.29, 0.717) is 11.3 Å². The largest absolute Gasteiger partial charge is 0.349 e. The molecule has 4 rings (SSSR count). The molecule has 126 valence electrons. The summed E-state index contributed by atoms with van der Waals surface area (Å²) in [4.78, 5) is 17.0. The van der Waals surface area contributed by atoms with Crippen LogP contribution < -0.4 is 5.32 Å². The minimum absolute atomic E-state index is 0.0621. The van der Waals surface area contributed by atoms with E-state index in [1.807, 2.05) is 48.7 Å². The van der Waals surface area contributed by atoms with Crippen molar-refractivity contribution < 1.29 is 4.79 Å². The van der Waals surface area contributed by atoms with Crippen LogP contribution in [-0.2, 0) is 0 Å². The first kappa shape index (κ1) is 15.6. The van der Waals surface area contributed by atoms with Crippen LogP contribution in [-0.4, -0.2) is 26.7 Å². The van der Waals surface area contributed by atoms with Crippen molar-refractivity contribution in [3.05, 3.63) is 66.6 Å². The van der Waals surface area contributed by atoms with E-state index in [9.17, 15) is 4.79 Å². The molecule has 0 spiro atoms. The fourth-order valence-electron chi connectivity index (χ4n) is 3.30. The Balaban J connectivity index is 1.73. The Labute approximate surface area is 146 Å². The van der Waals surface area contributed by atoms with Crippen molar-refractivity contribution in [3.63, 3.8) is 0 Å². The second kappa shape index (κ2) is 6.89. The molecule has 0 radical (unpaired) electrons. The fourth-order valence-corrected chi connectivity index (χ4v) is 3.30. The number of para-hydroxylation sites is 1. The number of carbonyl (C=O) groups excluding carboxylic acids is 1. The van der Waals surface area contributed by atoms with Gasteiger partial charge < -0.3 is 5.32 Å². The number of nitrogens with zero attached hydrogens (tertiary/aromatic N) is 3. The number of benzene rings is 1. The highest BCUT2D eigenvalue weighted by atomic mass is 16.1. The molecule has 0 atom stereocenters. The van der Waals surface area contributed by atoms with Gasteiger partial charge >= 0.3 is 0 Å². The van der Waals surface area contributed by atoms with Gasteiger partial charge in [0.2, 0.25) is 0 Å². The van der Waals surface area contributed by atoms with Gasteiger partial charge in [-0.3, -0.25) is 9.78 Å². The molecule has 2 aromatic heterocycles. The first-order valence-corrected chi connectivity index (χ1v) is 8.67. The van der Waals surface area contributed by atoms with E-state index >= 15 is 0 Å². The van der Waals surface area contributed by atoms with Gasteiger partial charge in [0.15, 0.2) is 0 Å². The minimum Gasteiger partial charge on any atom is -0.349 e. The van der Waals surface area contributed by atoms with Gasteiger partial charge in [-0.05, 0) is 37.1 Å². The first-order valence-electron chi connectivity index (χ1n) is 8.67. The smallest absolute Gasteiger partial charge is 0.255 e. The van der Waals surface area contributed by atoms with Crippen molar-refractivity contribution in [1.29, 1.82) is 0 Å². The zero-order valence-corrected chi connectivity index (χ0v) is 13.9. The Morgan fingerprint density at radius 3 is 2.60 bits per heavy atom. The maximum absolute atomic E-state index is 12.9. The second-order valence-corrected chi connectivity index (χ2v) is 6.37. The molecule has 0 unspecified atom stereocenters. The van der Waals surface area contributed by atoms with Gasteiger partial charge in [0.25, 0.3) is 5.91 Å². The van der Waals surface area contributed by atoms with Crippen molar-refractivity contribution in [1.82, 2.24) is 20.1 Å². The lowest BCUT2D eigenvalue weighted by Gasteiger charge is -2.11. The SMILES string of the molecule is O=C(NC1CCCC1)c1cn(-c2ccccc2)nc1-c1cccnc1. The minimum atomic E-state index is -0.0621. The number of amides is 1. The topological polar surface area (TPSA) is 59.8 Å². The van der Waals surface area contributed by atoms with Crippen molar-refractivity contribution in [2.45, 2.75) is 31.7 Å². The summed E-state index contributed by atoms with van der Waals surface area (Å²) >= 11 is 0. The van der Waals surface area contributed by atoms with Gasteiger partial charge in [0, 0.05) is 30.2 Å². The summed E-state index contributed by atoms with van der Waals surface area (Å²) in [7, 11) is 0. The van der Waals surface area contributed by atoms with Crippen LogP contribution in [0.25, 0.3) is 16.9 Å². The molecule has 0 aliphatic heterocycles. The average Bonchev–Trinajstić information content (AvgIpc) is 3.33. The molecule has 25 heavy (non-hydrogen) atoms. The maximum atomic E-state index is 12.9. The predicted molar refractivity (Wildman–Crippen MR) is 96.5 cm³/mol. The second-order valence-electron chi connectivity index (χ2n) is 6.37. The molecule has 5 heteroatoms. The van der Waals surface area contributed by atoms with Crippen LogP contribution in [0.5, 0.6) is 0 Å². The van der Waals surface area contributed by atoms with Crippen LogP contribution in [0.15, 0.2) is 61.1 Å². The lowest BCUT2D eigenvalue weighted by Crippen LogP contribution is -2.32. The summed E-state index contributed by atoms with van der Waals surface area (Å²) in [5.41, 5.74) is 3.01. The third-order valence-electron chi connectivity index (χ3n) is 4.60. The molecule has 1 amide bonds. The molecule has 1 aliphatic carbocycles. The number of hydrogen-bond acceptors (Lipinski definition) is 3. The van der Waals surface area contributed by atoms with Gasteiger partial charge in [-0.25, -0.2) is 4.68 Å². The molecule has 5 nitrogen and oxygen atoms in total. The molecular formula is C20H20N4O. The standard InChI is InChI=1S/C20H20N4O/c25-20(22-16-8-4-5-9-16)18-14-24(17-10-2-1-3-11-17)23-19(18)15-7-6-12-21-13-15/h1-3,6-7,10-14,16H,4-5,8-9H2,(H,22,25). The molecule has 1 fully saturated rings. The molecule has 3 aromatic rings. The van der Waals surface area contributed by atoms with E-state index in [0.717, 1.165) is 24.1 Å². The fraction of sp³-hybridized carbons (Fsp3) is 0.250. The van der Waals surface area contributed by atoms with Gasteiger partial charge in [0.05, 0.1) is 11.3 Å². The summed E-state index contributed by atoms with van der Waals surface area (Å²) < 4.78 is 1.76. The van der Waals surface area contributed by atoms with Gasteiger partial charge in [-0.2, -0.15) is 5.10 Å². The van der Waals surface area contributed by atoms with Crippen molar-refractivity contribution in [2.75, 3.05) is 0 Å². The van der Waals surface area contributed by atoms with Gasteiger partial charge in [-0.15, -0.1) is 0 Å². The normalized spacial score (nSPS) is 14.6. The number of aromatic nitrogens is 3. The molecule has 1 saturated carbocycles. The molecule has 1 aromatic carbocycles. The summed E-state index contributed by atoms with van der Waals surface area (Å²) in [5, 5.41) is 7.82. The maximum Gasteiger partial charge on any atom is 0.255 e. The van der Waals surface area contributed by atoms with E-state index in [1.54, 1.807) is 17.1 Å². The van der Waals surface area contributed by atoms with E-state index in [4.69, 9.17) is 0 Å². The Kier molecular flexibility index (Phi) is 4.29. The number of rotatable bonds is 4. The number of carbonyl (C=O) groups is 1. The molecule has 2 heterocycles. The van der Waals surface area contributed by atoms with Crippen LogP contribution in [0.3, 0.4) is 0 Å². The molecule has 0 saturated heterocycles. The van der Waals surface area contributed by atoms with Crippen LogP contribution in [0, 0.1) is 0 Å². The third-order valence-corrected chi connectivity index (χ3v) is 4.60. The molecule has 1 aliphatic rings. The van der Waals surface area contributed by atoms with E-state index < -0.39 is 0 Å². The lowest BCUT2D eigenvalue weighted by atomic mass is 10.1. The van der Waals surface area contributed by atoms with Gasteiger partial charge in [-0.1, -0.05) is 31.0 Å². The van der Waals surface area contributed by atoms with Crippen LogP contribution in [0.4, 0.5) is 0 Å². The highest BCUT2D eigenvalue weighted by Gasteiger charge is 2.23. The zero-order chi connectivity index (χ0) is 17.1. The molecular weight excluding hydrogens is 312 g/mol. The van der Waals surface area contributed by atoms with Gasteiger partial charge in [0.1, 0.15) is 5.69 Å². The Hall–Kier alpha value is -2.95. The summed E-state index contributed by atoms with van der Waals surface area (Å²) in [6.07, 6.45) is 9.75. The monoisotopic (exact) mass is 332 g/mol. The van der Waals surface area contributed by atoms with Crippen molar-refractivity contribution in [3.8, 4) is 16.9 Å². The predicted octanol–water partition coefficient (Wildman–Crippen LogP) is 3.61. The number of pyridine rings is 1. The summed E-state index contributed by atoms with van der Waals surface area (Å²) in [6.45, 7) is 0. The highest BCUT2D eigenvalue weighted by molar-refractivity contribution is 6.00. The van der Waals surface area contributed by atoms with Crippen LogP contribution in [0.1, 0.15) is 36.0 Å². The Bertz CT molecular complexity index is 852. The van der Waals surface area contributed by atoms with Crippen LogP contribution >= 0.6 is 0 Å². The molecule has 0 bridgehead atoms. The van der Waals surface area contributed by atoms with E-state index in [1.165, 1.54) is 12.8 Å². The highest BCUT2D eigenvalue weighted by Crippen LogP contribution is 2.24. The van der Waals surface area contributed by atoms with Crippen LogP contribution in [0.2, 0.25) is 0 Å². The number of nitrogens with one attached hydrogen (secondary N) is 1. The first-order chi connectivity index (χ1) is 12.3. The molecule has 1 N–H and O–H groups in total. The summed E-state index contributed by atoms with van der Waals surface area (Å²) in [6, 6.07) is 13.9. The quantitative estimate of drug-likeness (QED) is 0.794. The van der Waals surface area contributed by atoms with E-state index in [2.05, 4.69) is 15.4 Å². The Morgan fingerprint density at radius 2 is 1.88 bits per heavy atom. The number of hydrogen-bond donors (Lipinski definition) is 1.